The van der Waals surface area contributed by atoms with Crippen molar-refractivity contribution < 1.29 is 44.1 Å². The Labute approximate surface area is 177 Å². The molecule has 0 aromatic heterocycles. The Kier molecular flexibility index (Phi) is 8.30. The predicted octanol–water partition coefficient (Wildman–Crippen LogP) is -2.27. The Hall–Kier alpha value is -3.22. The van der Waals surface area contributed by atoms with Crippen LogP contribution in [0, 0.1) is 0 Å². The molecule has 0 aliphatic carbocycles. The number of hydrogen-bond donors (Lipinski definition) is 6. The summed E-state index contributed by atoms with van der Waals surface area (Å²) in [6.07, 6.45) is 0.389. The number of hydrogen-bond acceptors (Lipinski definition) is 7. The van der Waals surface area contributed by atoms with Gasteiger partial charge in [0.15, 0.2) is 0 Å². The lowest BCUT2D eigenvalue weighted by atomic mass is 10.1. The summed E-state index contributed by atoms with van der Waals surface area (Å²) in [6.45, 7) is 0.742. The zero-order valence-electron chi connectivity index (χ0n) is 16.7. The second-order valence-corrected chi connectivity index (χ2v) is 7.49. The fourth-order valence-corrected chi connectivity index (χ4v) is 3.70. The van der Waals surface area contributed by atoms with Crippen LogP contribution in [0.1, 0.15) is 38.5 Å². The summed E-state index contributed by atoms with van der Waals surface area (Å²) in [5, 5.41) is 34.6. The first-order valence-electron chi connectivity index (χ1n) is 9.91. The number of likely N-dealkylation sites (tertiary alicyclic amines) is 1. The maximum atomic E-state index is 13.0. The highest BCUT2D eigenvalue weighted by Gasteiger charge is 2.40. The van der Waals surface area contributed by atoms with E-state index < -0.39 is 72.6 Å². The lowest BCUT2D eigenvalue weighted by molar-refractivity contribution is -0.149. The maximum absolute atomic E-state index is 13.0. The van der Waals surface area contributed by atoms with Gasteiger partial charge in [-0.05, 0) is 32.2 Å². The summed E-state index contributed by atoms with van der Waals surface area (Å²) < 4.78 is 0. The standard InChI is InChI=1S/C18H26N4O9/c23-13(24)7-10(20-15(27)9-3-1-5-19-9)17(29)22-6-2-4-12(22)16(28)21-11(18(30)31)8-14(25)26/h9-12,19H,1-8H2,(H,20,27)(H,21,28)(H,23,24)(H,25,26)(H,30,31). The van der Waals surface area contributed by atoms with Crippen molar-refractivity contribution in [1.82, 2.24) is 20.9 Å². The number of rotatable bonds is 10. The maximum Gasteiger partial charge on any atom is 0.326 e. The minimum absolute atomic E-state index is 0.112. The third-order valence-electron chi connectivity index (χ3n) is 5.20. The van der Waals surface area contributed by atoms with Gasteiger partial charge >= 0.3 is 17.9 Å². The molecule has 0 saturated carbocycles. The van der Waals surface area contributed by atoms with Crippen LogP contribution in [0.15, 0.2) is 0 Å². The van der Waals surface area contributed by atoms with Crippen LogP contribution in [-0.2, 0) is 28.8 Å². The van der Waals surface area contributed by atoms with Crippen LogP contribution in [-0.4, -0.2) is 93.1 Å². The van der Waals surface area contributed by atoms with Gasteiger partial charge in [0.2, 0.25) is 17.7 Å². The van der Waals surface area contributed by atoms with E-state index >= 15 is 0 Å². The zero-order valence-corrected chi connectivity index (χ0v) is 16.7. The molecular formula is C18H26N4O9. The molecule has 2 rings (SSSR count). The molecule has 0 radical (unpaired) electrons. The van der Waals surface area contributed by atoms with Gasteiger partial charge in [0.05, 0.1) is 18.9 Å². The van der Waals surface area contributed by atoms with Gasteiger partial charge in [0.1, 0.15) is 18.1 Å². The summed E-state index contributed by atoms with van der Waals surface area (Å²) in [5.41, 5.74) is 0. The number of aliphatic carboxylic acids is 3. The SMILES string of the molecule is O=C(O)CC(NC(=O)C1CCCN1C(=O)C(CC(=O)O)NC(=O)C1CCCN1)C(=O)O. The van der Waals surface area contributed by atoms with E-state index in [1.165, 1.54) is 0 Å². The van der Waals surface area contributed by atoms with E-state index in [0.717, 1.165) is 11.3 Å². The summed E-state index contributed by atoms with van der Waals surface area (Å²) in [5.74, 6) is -6.40. The van der Waals surface area contributed by atoms with Crippen LogP contribution >= 0.6 is 0 Å². The normalized spacial score (nSPS) is 22.4. The van der Waals surface area contributed by atoms with Gasteiger partial charge in [-0.25, -0.2) is 4.79 Å². The first-order chi connectivity index (χ1) is 14.6. The van der Waals surface area contributed by atoms with Crippen molar-refractivity contribution in [2.75, 3.05) is 13.1 Å². The lowest BCUT2D eigenvalue weighted by Gasteiger charge is -2.29. The topological polar surface area (TPSA) is 202 Å². The first-order valence-corrected chi connectivity index (χ1v) is 9.91. The molecule has 2 fully saturated rings. The Bertz CT molecular complexity index is 750. The fourth-order valence-electron chi connectivity index (χ4n) is 3.70. The van der Waals surface area contributed by atoms with Crippen LogP contribution in [0.25, 0.3) is 0 Å². The molecule has 0 spiro atoms. The molecule has 13 nitrogen and oxygen atoms in total. The third-order valence-corrected chi connectivity index (χ3v) is 5.20. The molecule has 2 aliphatic rings. The molecule has 13 heteroatoms. The average Bonchev–Trinajstić information content (AvgIpc) is 3.37. The molecule has 172 valence electrons. The molecule has 6 N–H and O–H groups in total. The Morgan fingerprint density at radius 3 is 2.03 bits per heavy atom. The van der Waals surface area contributed by atoms with Crippen LogP contribution in [0.2, 0.25) is 0 Å². The van der Waals surface area contributed by atoms with E-state index in [2.05, 4.69) is 16.0 Å². The predicted molar refractivity (Wildman–Crippen MR) is 102 cm³/mol. The molecule has 2 saturated heterocycles. The van der Waals surface area contributed by atoms with E-state index in [4.69, 9.17) is 15.3 Å². The summed E-state index contributed by atoms with van der Waals surface area (Å²) >= 11 is 0. The number of nitrogens with zero attached hydrogens (tertiary/aromatic N) is 1. The number of nitrogens with one attached hydrogen (secondary N) is 3. The quantitative estimate of drug-likeness (QED) is 0.214. The second-order valence-electron chi connectivity index (χ2n) is 7.49. The van der Waals surface area contributed by atoms with Crippen molar-refractivity contribution in [3.05, 3.63) is 0 Å². The van der Waals surface area contributed by atoms with E-state index in [0.29, 0.717) is 19.4 Å². The Morgan fingerprint density at radius 2 is 1.48 bits per heavy atom. The number of carboxylic acid groups (broad SMARTS) is 3. The zero-order chi connectivity index (χ0) is 23.1. The number of carbonyl (C=O) groups is 6. The van der Waals surface area contributed by atoms with E-state index in [1.54, 1.807) is 0 Å². The molecule has 2 aliphatic heterocycles. The molecule has 4 unspecified atom stereocenters. The molecule has 0 bridgehead atoms. The second kappa shape index (κ2) is 10.7. The molecule has 3 amide bonds. The number of carboxylic acids is 3. The van der Waals surface area contributed by atoms with Gasteiger partial charge in [-0.15, -0.1) is 0 Å². The molecule has 2 heterocycles. The highest BCUT2D eigenvalue weighted by molar-refractivity contribution is 5.96. The van der Waals surface area contributed by atoms with Crippen LogP contribution in [0.3, 0.4) is 0 Å². The fraction of sp³-hybridized carbons (Fsp3) is 0.667. The number of carbonyl (C=O) groups excluding carboxylic acids is 3. The molecule has 31 heavy (non-hydrogen) atoms. The van der Waals surface area contributed by atoms with Crippen molar-refractivity contribution in [2.45, 2.75) is 62.7 Å². The third kappa shape index (κ3) is 6.64. The van der Waals surface area contributed by atoms with Crippen molar-refractivity contribution in [1.29, 1.82) is 0 Å². The van der Waals surface area contributed by atoms with Gasteiger partial charge in [-0.3, -0.25) is 24.0 Å². The van der Waals surface area contributed by atoms with Crippen molar-refractivity contribution in [3.8, 4) is 0 Å². The Balaban J connectivity index is 2.10. The smallest absolute Gasteiger partial charge is 0.326 e. The molecular weight excluding hydrogens is 416 g/mol. The minimum atomic E-state index is -1.68. The van der Waals surface area contributed by atoms with Crippen LogP contribution in [0.5, 0.6) is 0 Å². The summed E-state index contributed by atoms with van der Waals surface area (Å²) in [7, 11) is 0. The minimum Gasteiger partial charge on any atom is -0.481 e. The largest absolute Gasteiger partial charge is 0.481 e. The van der Waals surface area contributed by atoms with E-state index in [-0.39, 0.29) is 13.0 Å². The van der Waals surface area contributed by atoms with Crippen LogP contribution < -0.4 is 16.0 Å². The van der Waals surface area contributed by atoms with Crippen molar-refractivity contribution >= 4 is 35.6 Å². The summed E-state index contributed by atoms with van der Waals surface area (Å²) in [4.78, 5) is 72.2. The highest BCUT2D eigenvalue weighted by Crippen LogP contribution is 2.20. The number of amides is 3. The average molecular weight is 442 g/mol. The van der Waals surface area contributed by atoms with Crippen molar-refractivity contribution in [3.63, 3.8) is 0 Å². The highest BCUT2D eigenvalue weighted by atomic mass is 16.4. The molecule has 0 aromatic rings. The molecule has 0 aromatic carbocycles. The van der Waals surface area contributed by atoms with E-state index in [9.17, 15) is 28.8 Å². The lowest BCUT2D eigenvalue weighted by Crippen LogP contribution is -2.57. The van der Waals surface area contributed by atoms with Gasteiger partial charge in [-0.1, -0.05) is 0 Å². The summed E-state index contributed by atoms with van der Waals surface area (Å²) in [6, 6.07) is -4.70. The van der Waals surface area contributed by atoms with Gasteiger partial charge in [-0.2, -0.15) is 0 Å². The van der Waals surface area contributed by atoms with Crippen molar-refractivity contribution in [2.24, 2.45) is 0 Å². The Morgan fingerprint density at radius 1 is 0.871 bits per heavy atom. The van der Waals surface area contributed by atoms with Gasteiger partial charge < -0.3 is 36.2 Å². The van der Waals surface area contributed by atoms with Crippen LogP contribution in [0.4, 0.5) is 0 Å². The van der Waals surface area contributed by atoms with Gasteiger partial charge in [0, 0.05) is 6.54 Å². The van der Waals surface area contributed by atoms with E-state index in [1.807, 2.05) is 0 Å². The van der Waals surface area contributed by atoms with Gasteiger partial charge in [0.25, 0.3) is 0 Å². The first kappa shape index (κ1) is 24.1. The monoisotopic (exact) mass is 442 g/mol. The molecule has 4 atom stereocenters.